The lowest BCUT2D eigenvalue weighted by Gasteiger charge is -2.14. The maximum Gasteiger partial charge on any atom is 0.199 e. The summed E-state index contributed by atoms with van der Waals surface area (Å²) in [6.45, 7) is 0. The summed E-state index contributed by atoms with van der Waals surface area (Å²) in [5.74, 6) is 0. The van der Waals surface area contributed by atoms with Gasteiger partial charge in [0.2, 0.25) is 0 Å². The van der Waals surface area contributed by atoms with Crippen molar-refractivity contribution in [2.75, 3.05) is 0 Å². The predicted molar refractivity (Wildman–Crippen MR) is 107 cm³/mol. The Morgan fingerprint density at radius 1 is 0.500 bits per heavy atom. The average molecular weight is 409 g/mol. The van der Waals surface area contributed by atoms with Crippen LogP contribution in [0.15, 0.2) is 84.9 Å². The Morgan fingerprint density at radius 2 is 0.909 bits per heavy atom. The van der Waals surface area contributed by atoms with Crippen LogP contribution in [0.4, 0.5) is 0 Å². The van der Waals surface area contributed by atoms with Crippen LogP contribution in [0.1, 0.15) is 0 Å². The minimum atomic E-state index is -0.825. The molecule has 0 saturated heterocycles. The van der Waals surface area contributed by atoms with E-state index in [9.17, 15) is 0 Å². The van der Waals surface area contributed by atoms with Crippen LogP contribution in [0.3, 0.4) is 0 Å². The molecule has 105 valence electrons. The normalized spacial score (nSPS) is 11.4. The molecule has 0 spiro atoms. The second-order valence-corrected chi connectivity index (χ2v) is 10.3. The molecule has 0 aliphatic carbocycles. The number of halogens is 1. The molecule has 1 radical (unpaired) electrons. The lowest BCUT2D eigenvalue weighted by Crippen LogP contribution is -2.37. The Hall–Kier alpha value is -1.65. The summed E-state index contributed by atoms with van der Waals surface area (Å²) in [7, 11) is 0. The molecule has 0 atom stereocenters. The van der Waals surface area contributed by atoms with Gasteiger partial charge in [0.05, 0.1) is 0 Å². The fraction of sp³-hybridized carbons (Fsp3) is 0. The number of hydrogen-bond donors (Lipinski definition) is 0. The molecule has 0 saturated carbocycles. The molecule has 4 aromatic rings. The molecule has 0 amide bonds. The fourth-order valence-electron chi connectivity index (χ4n) is 2.98. The van der Waals surface area contributed by atoms with Crippen molar-refractivity contribution in [3.63, 3.8) is 0 Å². The van der Waals surface area contributed by atoms with Gasteiger partial charge in [-0.3, -0.25) is 0 Å². The van der Waals surface area contributed by atoms with Gasteiger partial charge in [0.15, 0.2) is 6.29 Å². The zero-order chi connectivity index (χ0) is 14.9. The van der Waals surface area contributed by atoms with Crippen molar-refractivity contribution in [1.82, 2.24) is 0 Å². The summed E-state index contributed by atoms with van der Waals surface area (Å²) < 4.78 is 0. The highest BCUT2D eigenvalue weighted by Gasteiger charge is 2.18. The molecule has 0 aliphatic rings. The highest BCUT2D eigenvalue weighted by molar-refractivity contribution is 14.1. The third-order valence-corrected chi connectivity index (χ3v) is 9.36. The Labute approximate surface area is 144 Å². The lowest BCUT2D eigenvalue weighted by molar-refractivity contribution is 1.77. The van der Waals surface area contributed by atoms with E-state index in [0.717, 1.165) is 0 Å². The predicted octanol–water partition coefficient (Wildman–Crippen LogP) is 4.53. The zero-order valence-corrected chi connectivity index (χ0v) is 15.1. The second-order valence-electron chi connectivity index (χ2n) is 5.37. The Kier molecular flexibility index (Phi) is 3.72. The highest BCUT2D eigenvalue weighted by atomic mass is 127. The van der Waals surface area contributed by atoms with Gasteiger partial charge in [0.25, 0.3) is 0 Å². The summed E-state index contributed by atoms with van der Waals surface area (Å²) in [5.41, 5.74) is 0. The topological polar surface area (TPSA) is 0 Å². The van der Waals surface area contributed by atoms with Gasteiger partial charge in [-0.1, -0.05) is 84.9 Å². The van der Waals surface area contributed by atoms with Gasteiger partial charge < -0.3 is 0 Å². The van der Waals surface area contributed by atoms with E-state index < -0.39 is 6.29 Å². The molecule has 0 aromatic heterocycles. The third-order valence-electron chi connectivity index (χ3n) is 4.05. The van der Waals surface area contributed by atoms with Gasteiger partial charge in [-0.25, -0.2) is 0 Å². The number of rotatable bonds is 2. The van der Waals surface area contributed by atoms with Crippen molar-refractivity contribution >= 4 is 60.0 Å². The number of benzene rings is 4. The van der Waals surface area contributed by atoms with E-state index >= 15 is 0 Å². The SMILES string of the molecule is I[Si](c1cccc2ccccc12)c1cccc2ccccc12. The minimum absolute atomic E-state index is 0.825. The molecule has 4 rings (SSSR count). The molecule has 0 bridgehead atoms. The number of fused-ring (bicyclic) bond motifs is 2. The van der Waals surface area contributed by atoms with Crippen molar-refractivity contribution < 1.29 is 0 Å². The van der Waals surface area contributed by atoms with E-state index in [1.54, 1.807) is 0 Å². The molecule has 0 fully saturated rings. The van der Waals surface area contributed by atoms with Crippen molar-refractivity contribution in [2.24, 2.45) is 0 Å². The van der Waals surface area contributed by atoms with Crippen molar-refractivity contribution in [3.8, 4) is 0 Å². The van der Waals surface area contributed by atoms with Gasteiger partial charge in [-0.05, 0) is 31.9 Å². The molecule has 0 aliphatic heterocycles. The smallest absolute Gasteiger partial charge is 0.108 e. The monoisotopic (exact) mass is 409 g/mol. The summed E-state index contributed by atoms with van der Waals surface area (Å²) in [6, 6.07) is 30.8. The first-order chi connectivity index (χ1) is 10.8. The molecule has 2 heteroatoms. The van der Waals surface area contributed by atoms with Gasteiger partial charge >= 0.3 is 0 Å². The first kappa shape index (κ1) is 14.0. The molecule has 4 aromatic carbocycles. The quantitative estimate of drug-likeness (QED) is 0.259. The molecule has 22 heavy (non-hydrogen) atoms. The van der Waals surface area contributed by atoms with Crippen LogP contribution in [0.2, 0.25) is 0 Å². The third kappa shape index (κ3) is 2.36. The minimum Gasteiger partial charge on any atom is -0.108 e. The average Bonchev–Trinajstić information content (AvgIpc) is 2.60. The molecular weight excluding hydrogens is 395 g/mol. The van der Waals surface area contributed by atoms with Gasteiger partial charge in [0.1, 0.15) is 0 Å². The van der Waals surface area contributed by atoms with E-state index in [0.29, 0.717) is 0 Å². The summed E-state index contributed by atoms with van der Waals surface area (Å²) in [4.78, 5) is 0. The summed E-state index contributed by atoms with van der Waals surface area (Å²) in [5, 5.41) is 8.42. The molecule has 0 heterocycles. The first-order valence-electron chi connectivity index (χ1n) is 7.33. The standard InChI is InChI=1S/C20H14ISi/c21-22(19-13-5-9-15-7-1-3-11-17(15)19)20-14-6-10-16-8-2-4-12-18(16)20/h1-14H. The van der Waals surface area contributed by atoms with Crippen LogP contribution < -0.4 is 10.4 Å². The zero-order valence-electron chi connectivity index (χ0n) is 12.0. The van der Waals surface area contributed by atoms with Crippen LogP contribution >= 0.6 is 21.8 Å². The van der Waals surface area contributed by atoms with Crippen molar-refractivity contribution in [2.45, 2.75) is 0 Å². The summed E-state index contributed by atoms with van der Waals surface area (Å²) in [6.07, 6.45) is -0.825. The van der Waals surface area contributed by atoms with E-state index in [2.05, 4.69) is 107 Å². The fourth-order valence-corrected chi connectivity index (χ4v) is 7.50. The van der Waals surface area contributed by atoms with Gasteiger partial charge in [-0.2, -0.15) is 0 Å². The van der Waals surface area contributed by atoms with Crippen LogP contribution in [-0.4, -0.2) is 6.29 Å². The van der Waals surface area contributed by atoms with E-state index in [1.165, 1.54) is 31.9 Å². The molecule has 0 unspecified atom stereocenters. The molecular formula is C20H14ISi. The van der Waals surface area contributed by atoms with Crippen LogP contribution in [0.25, 0.3) is 21.5 Å². The van der Waals surface area contributed by atoms with Crippen molar-refractivity contribution in [3.05, 3.63) is 84.9 Å². The highest BCUT2D eigenvalue weighted by Crippen LogP contribution is 2.17. The van der Waals surface area contributed by atoms with Crippen LogP contribution in [-0.2, 0) is 0 Å². The summed E-state index contributed by atoms with van der Waals surface area (Å²) >= 11 is 2.67. The van der Waals surface area contributed by atoms with Gasteiger partial charge in [0, 0.05) is 0 Å². The van der Waals surface area contributed by atoms with Crippen LogP contribution in [0, 0.1) is 0 Å². The Balaban J connectivity index is 1.94. The van der Waals surface area contributed by atoms with E-state index in [4.69, 9.17) is 0 Å². The largest absolute Gasteiger partial charge is 0.199 e. The molecule has 0 N–H and O–H groups in total. The Morgan fingerprint density at radius 3 is 1.41 bits per heavy atom. The maximum atomic E-state index is 2.67. The van der Waals surface area contributed by atoms with Crippen LogP contribution in [0.5, 0.6) is 0 Å². The Bertz CT molecular complexity index is 872. The van der Waals surface area contributed by atoms with Crippen molar-refractivity contribution in [1.29, 1.82) is 0 Å². The lowest BCUT2D eigenvalue weighted by atomic mass is 10.1. The van der Waals surface area contributed by atoms with Gasteiger partial charge in [-0.15, -0.1) is 21.8 Å². The second kappa shape index (κ2) is 5.86. The van der Waals surface area contributed by atoms with E-state index in [-0.39, 0.29) is 0 Å². The van der Waals surface area contributed by atoms with E-state index in [1.807, 2.05) is 0 Å². The maximum absolute atomic E-state index is 2.67. The number of hydrogen-bond acceptors (Lipinski definition) is 0. The first-order valence-corrected chi connectivity index (χ1v) is 11.9. The molecule has 0 nitrogen and oxygen atoms in total.